The quantitative estimate of drug-likeness (QED) is 0.265. The van der Waals surface area contributed by atoms with Crippen LogP contribution in [0.3, 0.4) is 0 Å². The molecule has 0 radical (unpaired) electrons. The van der Waals surface area contributed by atoms with Gasteiger partial charge >= 0.3 is 5.97 Å². The van der Waals surface area contributed by atoms with Crippen molar-refractivity contribution in [2.45, 2.75) is 71.1 Å². The Morgan fingerprint density at radius 2 is 1.04 bits per heavy atom. The molecule has 0 fully saturated rings. The molecule has 0 aliphatic carbocycles. The summed E-state index contributed by atoms with van der Waals surface area (Å²) in [5.41, 5.74) is 0. The molecule has 134 valence electrons. The van der Waals surface area contributed by atoms with Crippen molar-refractivity contribution in [3.63, 3.8) is 0 Å². The molecule has 0 spiro atoms. The molecule has 0 unspecified atom stereocenters. The summed E-state index contributed by atoms with van der Waals surface area (Å²) in [5.74, 6) is -0.714. The largest absolute Gasteiger partial charge is 0.481 e. The number of rotatable bonds is 15. The first kappa shape index (κ1) is 22.2. The van der Waals surface area contributed by atoms with Crippen molar-refractivity contribution in [2.24, 2.45) is 0 Å². The molecule has 0 aliphatic rings. The maximum atomic E-state index is 10.3. The predicted molar refractivity (Wildman–Crippen MR) is 105 cm³/mol. The van der Waals surface area contributed by atoms with Gasteiger partial charge in [-0.3, -0.25) is 4.79 Å². The van der Waals surface area contributed by atoms with E-state index in [9.17, 15) is 4.79 Å². The molecule has 0 aliphatic heterocycles. The summed E-state index contributed by atoms with van der Waals surface area (Å²) in [5, 5.41) is 8.51. The second kappa shape index (κ2) is 19.2. The number of hydrogen-bond acceptors (Lipinski definition) is 1. The van der Waals surface area contributed by atoms with Crippen molar-refractivity contribution in [1.82, 2.24) is 0 Å². The summed E-state index contributed by atoms with van der Waals surface area (Å²) < 4.78 is 0. The molecule has 1 N–H and O–H groups in total. The van der Waals surface area contributed by atoms with Gasteiger partial charge in [-0.15, -0.1) is 0 Å². The lowest BCUT2D eigenvalue weighted by Crippen LogP contribution is -1.92. The number of carboxylic acids is 1. The number of carboxylic acid groups (broad SMARTS) is 1. The lowest BCUT2D eigenvalue weighted by molar-refractivity contribution is -0.137. The van der Waals surface area contributed by atoms with Crippen LogP contribution in [0.2, 0.25) is 0 Å². The molecule has 0 heterocycles. The van der Waals surface area contributed by atoms with Crippen LogP contribution in [0.5, 0.6) is 0 Å². The van der Waals surface area contributed by atoms with Crippen LogP contribution < -0.4 is 0 Å². The number of allylic oxidation sites excluding steroid dienone is 10. The van der Waals surface area contributed by atoms with E-state index in [1.165, 1.54) is 19.3 Å². The zero-order valence-corrected chi connectivity index (χ0v) is 15.2. The van der Waals surface area contributed by atoms with Crippen molar-refractivity contribution in [2.75, 3.05) is 0 Å². The van der Waals surface area contributed by atoms with Gasteiger partial charge in [0.15, 0.2) is 0 Å². The van der Waals surface area contributed by atoms with Crippen molar-refractivity contribution in [3.05, 3.63) is 60.8 Å². The smallest absolute Gasteiger partial charge is 0.303 e. The van der Waals surface area contributed by atoms with Gasteiger partial charge in [-0.2, -0.15) is 0 Å². The summed E-state index contributed by atoms with van der Waals surface area (Å²) in [4.78, 5) is 10.3. The minimum atomic E-state index is -0.714. The van der Waals surface area contributed by atoms with E-state index in [0.717, 1.165) is 38.5 Å². The zero-order chi connectivity index (χ0) is 17.7. The molecule has 0 atom stereocenters. The van der Waals surface area contributed by atoms with Crippen molar-refractivity contribution in [3.8, 4) is 0 Å². The van der Waals surface area contributed by atoms with Crippen LogP contribution in [0.25, 0.3) is 0 Å². The molecule has 0 aromatic rings. The standard InChI is InChI=1S/C22H34O2/c1-2-3-4-5-6-7-8-9-10-11-12-13-14-15-16-17-18-19-20-21-22(23)24/h5-6,8-9,11-12,14-15,17-18H,2-4,7,10,13,16,19-21H2,1H3,(H,23,24)/b6-5?,9-8?,12-11?,15-14?,18-17-. The first-order valence-corrected chi connectivity index (χ1v) is 9.24. The Morgan fingerprint density at radius 3 is 1.42 bits per heavy atom. The summed E-state index contributed by atoms with van der Waals surface area (Å²) >= 11 is 0. The normalized spacial score (nSPS) is 12.7. The average Bonchev–Trinajstić information content (AvgIpc) is 2.56. The van der Waals surface area contributed by atoms with Crippen LogP contribution in [0.15, 0.2) is 60.8 Å². The van der Waals surface area contributed by atoms with Gasteiger partial charge in [0, 0.05) is 6.42 Å². The Morgan fingerprint density at radius 1 is 0.667 bits per heavy atom. The first-order chi connectivity index (χ1) is 11.8. The van der Waals surface area contributed by atoms with Gasteiger partial charge in [-0.05, 0) is 44.9 Å². The van der Waals surface area contributed by atoms with Gasteiger partial charge in [0.05, 0.1) is 0 Å². The third-order valence-corrected chi connectivity index (χ3v) is 3.41. The second-order valence-electron chi connectivity index (χ2n) is 5.73. The third-order valence-electron chi connectivity index (χ3n) is 3.41. The monoisotopic (exact) mass is 330 g/mol. The van der Waals surface area contributed by atoms with E-state index in [4.69, 9.17) is 5.11 Å². The van der Waals surface area contributed by atoms with Crippen LogP contribution in [-0.4, -0.2) is 11.1 Å². The molecule has 24 heavy (non-hydrogen) atoms. The van der Waals surface area contributed by atoms with E-state index in [1.54, 1.807) is 0 Å². The second-order valence-corrected chi connectivity index (χ2v) is 5.73. The van der Waals surface area contributed by atoms with Gasteiger partial charge in [-0.1, -0.05) is 80.5 Å². The predicted octanol–water partition coefficient (Wildman–Crippen LogP) is 6.77. The Kier molecular flexibility index (Phi) is 17.8. The number of aliphatic carboxylic acids is 1. The minimum absolute atomic E-state index is 0.258. The van der Waals surface area contributed by atoms with Gasteiger partial charge in [-0.25, -0.2) is 0 Å². The van der Waals surface area contributed by atoms with E-state index in [1.807, 2.05) is 0 Å². The van der Waals surface area contributed by atoms with E-state index in [-0.39, 0.29) is 6.42 Å². The van der Waals surface area contributed by atoms with Gasteiger partial charge in [0.2, 0.25) is 0 Å². The Bertz CT molecular complexity index is 425. The highest BCUT2D eigenvalue weighted by molar-refractivity contribution is 5.66. The molecule has 2 nitrogen and oxygen atoms in total. The summed E-state index contributed by atoms with van der Waals surface area (Å²) in [7, 11) is 0. The molecule has 0 aromatic carbocycles. The molecule has 0 saturated heterocycles. The van der Waals surface area contributed by atoms with Crippen LogP contribution in [-0.2, 0) is 4.79 Å². The van der Waals surface area contributed by atoms with E-state index in [2.05, 4.69) is 67.7 Å². The lowest BCUT2D eigenvalue weighted by Gasteiger charge is -1.90. The Balaban J connectivity index is 3.46. The van der Waals surface area contributed by atoms with Gasteiger partial charge in [0.1, 0.15) is 0 Å². The van der Waals surface area contributed by atoms with E-state index < -0.39 is 5.97 Å². The van der Waals surface area contributed by atoms with Crippen LogP contribution in [0.1, 0.15) is 71.1 Å². The molecule has 0 saturated carbocycles. The van der Waals surface area contributed by atoms with Crippen LogP contribution in [0, 0.1) is 0 Å². The van der Waals surface area contributed by atoms with Crippen LogP contribution in [0.4, 0.5) is 0 Å². The summed E-state index contributed by atoms with van der Waals surface area (Å²) in [6, 6.07) is 0. The molecule has 0 bridgehead atoms. The van der Waals surface area contributed by atoms with Gasteiger partial charge < -0.3 is 5.11 Å². The summed E-state index contributed by atoms with van der Waals surface area (Å²) in [6.07, 6.45) is 31.3. The fourth-order valence-electron chi connectivity index (χ4n) is 2.01. The van der Waals surface area contributed by atoms with Crippen molar-refractivity contribution in [1.29, 1.82) is 0 Å². The van der Waals surface area contributed by atoms with Crippen molar-refractivity contribution >= 4 is 5.97 Å². The molecular weight excluding hydrogens is 296 g/mol. The Labute approximate surface area is 148 Å². The molecule has 2 heteroatoms. The lowest BCUT2D eigenvalue weighted by atomic mass is 10.2. The first-order valence-electron chi connectivity index (χ1n) is 9.24. The topological polar surface area (TPSA) is 37.3 Å². The Hall–Kier alpha value is -1.83. The SMILES string of the molecule is CCCCC=CCC=CCC=CCC=CC/C=C\CCCC(=O)O. The molecule has 0 aromatic heterocycles. The van der Waals surface area contributed by atoms with E-state index in [0.29, 0.717) is 0 Å². The average molecular weight is 331 g/mol. The van der Waals surface area contributed by atoms with E-state index >= 15 is 0 Å². The fraction of sp³-hybridized carbons (Fsp3) is 0.500. The minimum Gasteiger partial charge on any atom is -0.481 e. The van der Waals surface area contributed by atoms with Crippen LogP contribution >= 0.6 is 0 Å². The number of carbonyl (C=O) groups is 1. The highest BCUT2D eigenvalue weighted by atomic mass is 16.4. The molecule has 0 rings (SSSR count). The molecular formula is C22H34O2. The highest BCUT2D eigenvalue weighted by Gasteiger charge is 1.92. The molecule has 0 amide bonds. The maximum Gasteiger partial charge on any atom is 0.303 e. The third kappa shape index (κ3) is 20.2. The zero-order valence-electron chi connectivity index (χ0n) is 15.2. The fourth-order valence-corrected chi connectivity index (χ4v) is 2.01. The summed E-state index contributed by atoms with van der Waals surface area (Å²) in [6.45, 7) is 2.22. The number of unbranched alkanes of at least 4 members (excludes halogenated alkanes) is 3. The highest BCUT2D eigenvalue weighted by Crippen LogP contribution is 1.99. The van der Waals surface area contributed by atoms with Gasteiger partial charge in [0.25, 0.3) is 0 Å². The van der Waals surface area contributed by atoms with Crippen molar-refractivity contribution < 1.29 is 9.90 Å². The number of hydrogen-bond donors (Lipinski definition) is 1. The maximum absolute atomic E-state index is 10.3.